The second-order valence-electron chi connectivity index (χ2n) is 3.55. The number of ether oxygens (including phenoxy) is 1. The van der Waals surface area contributed by atoms with Crippen LogP contribution in [0, 0.1) is 0 Å². The first-order chi connectivity index (χ1) is 8.26. The molecule has 0 aromatic heterocycles. The minimum Gasteiger partial charge on any atom is -0.492 e. The number of hydrogen-bond acceptors (Lipinski definition) is 3. The number of benzene rings is 1. The highest BCUT2D eigenvalue weighted by Crippen LogP contribution is 2.24. The van der Waals surface area contributed by atoms with E-state index in [-0.39, 0.29) is 0 Å². The molecular weight excluding hydrogens is 282 g/mol. The Balaban J connectivity index is 2.98. The summed E-state index contributed by atoms with van der Waals surface area (Å²) in [7, 11) is 0. The van der Waals surface area contributed by atoms with Crippen molar-refractivity contribution >= 4 is 27.9 Å². The van der Waals surface area contributed by atoms with Gasteiger partial charge in [-0.2, -0.15) is 0 Å². The van der Waals surface area contributed by atoms with Gasteiger partial charge in [0, 0.05) is 30.2 Å². The van der Waals surface area contributed by atoms with Gasteiger partial charge in [-0.25, -0.2) is 0 Å². The highest BCUT2D eigenvalue weighted by Gasteiger charge is 2.08. The van der Waals surface area contributed by atoms with Crippen LogP contribution in [0.4, 0.5) is 5.69 Å². The monoisotopic (exact) mass is 299 g/mol. The number of hydrogen-bond donors (Lipinski definition) is 0. The molecule has 0 amide bonds. The van der Waals surface area contributed by atoms with Crippen LogP contribution in [0.25, 0.3) is 0 Å². The second kappa shape index (κ2) is 7.33. The largest absolute Gasteiger partial charge is 0.492 e. The molecule has 0 bridgehead atoms. The summed E-state index contributed by atoms with van der Waals surface area (Å²) in [5, 5.41) is 0.751. The van der Waals surface area contributed by atoms with Gasteiger partial charge in [-0.15, -0.1) is 0 Å². The number of halogens is 1. The normalized spacial score (nSPS) is 10.1. The van der Waals surface area contributed by atoms with Gasteiger partial charge < -0.3 is 9.64 Å². The number of anilines is 1. The fourth-order valence-corrected chi connectivity index (χ4v) is 1.84. The molecule has 0 N–H and O–H groups in total. The number of carbonyl (C=O) groups excluding carboxylic acids is 1. The number of alkyl halides is 1. The summed E-state index contributed by atoms with van der Waals surface area (Å²) in [4.78, 5) is 13.1. The molecule has 1 aromatic rings. The molecule has 1 aromatic carbocycles. The lowest BCUT2D eigenvalue weighted by Crippen LogP contribution is -2.21. The minimum absolute atomic E-state index is 0.558. The van der Waals surface area contributed by atoms with Crippen molar-refractivity contribution in [3.63, 3.8) is 0 Å². The van der Waals surface area contributed by atoms with E-state index in [4.69, 9.17) is 4.74 Å². The highest BCUT2D eigenvalue weighted by molar-refractivity contribution is 9.09. The smallest absolute Gasteiger partial charge is 0.153 e. The first kappa shape index (κ1) is 14.0. The zero-order valence-corrected chi connectivity index (χ0v) is 11.9. The summed E-state index contributed by atoms with van der Waals surface area (Å²) in [6, 6.07) is 5.70. The van der Waals surface area contributed by atoms with Gasteiger partial charge in [0.2, 0.25) is 0 Å². The van der Waals surface area contributed by atoms with E-state index in [2.05, 4.69) is 34.7 Å². The van der Waals surface area contributed by atoms with Gasteiger partial charge in [-0.05, 0) is 26.0 Å². The van der Waals surface area contributed by atoms with E-state index >= 15 is 0 Å². The Kier molecular flexibility index (Phi) is 6.05. The maximum Gasteiger partial charge on any atom is 0.153 e. The molecule has 3 nitrogen and oxygen atoms in total. The maximum atomic E-state index is 10.9. The van der Waals surface area contributed by atoms with Gasteiger partial charge in [0.05, 0.1) is 12.2 Å². The molecule has 0 aliphatic rings. The molecule has 0 atom stereocenters. The molecule has 0 spiro atoms. The molecule has 0 radical (unpaired) electrons. The average Bonchev–Trinajstić information content (AvgIpc) is 2.38. The minimum atomic E-state index is 0.558. The van der Waals surface area contributed by atoms with Crippen LogP contribution < -0.4 is 9.64 Å². The molecule has 0 fully saturated rings. The van der Waals surface area contributed by atoms with Crippen LogP contribution in [-0.2, 0) is 0 Å². The van der Waals surface area contributed by atoms with Crippen LogP contribution in [0.2, 0.25) is 0 Å². The summed E-state index contributed by atoms with van der Waals surface area (Å²) in [6.45, 7) is 6.65. The van der Waals surface area contributed by atoms with Crippen LogP contribution in [-0.4, -0.2) is 31.3 Å². The molecule has 4 heteroatoms. The Morgan fingerprint density at radius 3 is 2.59 bits per heavy atom. The molecule has 0 unspecified atom stereocenters. The summed E-state index contributed by atoms with van der Waals surface area (Å²) in [5.41, 5.74) is 1.69. The molecule has 0 saturated carbocycles. The Morgan fingerprint density at radius 1 is 1.35 bits per heavy atom. The quantitative estimate of drug-likeness (QED) is 0.572. The Morgan fingerprint density at radius 2 is 2.06 bits per heavy atom. The van der Waals surface area contributed by atoms with Gasteiger partial charge in [0.25, 0.3) is 0 Å². The molecular formula is C13H18BrNO2. The third kappa shape index (κ3) is 3.73. The number of carbonyl (C=O) groups is 1. The fourth-order valence-electron chi connectivity index (χ4n) is 1.68. The molecule has 17 heavy (non-hydrogen) atoms. The van der Waals surface area contributed by atoms with Gasteiger partial charge in [0.1, 0.15) is 5.75 Å². The van der Waals surface area contributed by atoms with Crippen molar-refractivity contribution in [2.24, 2.45) is 0 Å². The predicted octanol–water partition coefficient (Wildman–Crippen LogP) is 3.12. The Labute approximate surface area is 111 Å². The first-order valence-corrected chi connectivity index (χ1v) is 6.91. The van der Waals surface area contributed by atoms with Crippen molar-refractivity contribution in [1.82, 2.24) is 0 Å². The standard InChI is InChI=1S/C13H18BrNO2/c1-3-15(4-2)12-6-5-11(10-16)13(9-12)17-8-7-14/h5-6,9-10H,3-4,7-8H2,1-2H3. The molecule has 0 aliphatic heterocycles. The molecule has 94 valence electrons. The lowest BCUT2D eigenvalue weighted by Gasteiger charge is -2.22. The fraction of sp³-hybridized carbons (Fsp3) is 0.462. The second-order valence-corrected chi connectivity index (χ2v) is 4.34. The summed E-state index contributed by atoms with van der Waals surface area (Å²) in [5.74, 6) is 0.656. The van der Waals surface area contributed by atoms with Crippen molar-refractivity contribution in [2.75, 3.05) is 29.9 Å². The molecule has 0 aliphatic carbocycles. The van der Waals surface area contributed by atoms with E-state index in [1.807, 2.05) is 18.2 Å². The van der Waals surface area contributed by atoms with Crippen LogP contribution in [0.15, 0.2) is 18.2 Å². The van der Waals surface area contributed by atoms with Crippen LogP contribution >= 0.6 is 15.9 Å². The van der Waals surface area contributed by atoms with Crippen molar-refractivity contribution in [3.05, 3.63) is 23.8 Å². The lowest BCUT2D eigenvalue weighted by molar-refractivity contribution is 0.112. The third-order valence-corrected chi connectivity index (χ3v) is 2.91. The number of aldehydes is 1. The van der Waals surface area contributed by atoms with Crippen LogP contribution in [0.3, 0.4) is 0 Å². The van der Waals surface area contributed by atoms with E-state index in [9.17, 15) is 4.79 Å². The van der Waals surface area contributed by atoms with Gasteiger partial charge in [0.15, 0.2) is 6.29 Å². The SMILES string of the molecule is CCN(CC)c1ccc(C=O)c(OCCBr)c1. The van der Waals surface area contributed by atoms with Gasteiger partial charge in [-0.3, -0.25) is 4.79 Å². The van der Waals surface area contributed by atoms with Gasteiger partial charge >= 0.3 is 0 Å². The number of rotatable bonds is 7. The lowest BCUT2D eigenvalue weighted by atomic mass is 10.2. The zero-order valence-electron chi connectivity index (χ0n) is 10.3. The van der Waals surface area contributed by atoms with Crippen LogP contribution in [0.5, 0.6) is 5.75 Å². The maximum absolute atomic E-state index is 10.9. The molecule has 0 saturated heterocycles. The topological polar surface area (TPSA) is 29.5 Å². The summed E-state index contributed by atoms with van der Waals surface area (Å²) < 4.78 is 5.55. The number of nitrogens with zero attached hydrogens (tertiary/aromatic N) is 1. The van der Waals surface area contributed by atoms with E-state index in [1.54, 1.807) is 0 Å². The summed E-state index contributed by atoms with van der Waals surface area (Å²) in [6.07, 6.45) is 0.829. The average molecular weight is 300 g/mol. The van der Waals surface area contributed by atoms with E-state index in [1.165, 1.54) is 0 Å². The first-order valence-electron chi connectivity index (χ1n) is 5.79. The van der Waals surface area contributed by atoms with Crippen molar-refractivity contribution < 1.29 is 9.53 Å². The summed E-state index contributed by atoms with van der Waals surface area (Å²) >= 11 is 3.30. The molecule has 1 rings (SSSR count). The third-order valence-electron chi connectivity index (χ3n) is 2.59. The molecule has 0 heterocycles. The van der Waals surface area contributed by atoms with E-state index < -0.39 is 0 Å². The zero-order chi connectivity index (χ0) is 12.7. The Bertz CT molecular complexity index is 364. The Hall–Kier alpha value is -1.03. The predicted molar refractivity (Wildman–Crippen MR) is 74.7 cm³/mol. The van der Waals surface area contributed by atoms with Crippen molar-refractivity contribution in [3.8, 4) is 5.75 Å². The highest BCUT2D eigenvalue weighted by atomic mass is 79.9. The van der Waals surface area contributed by atoms with Crippen molar-refractivity contribution in [1.29, 1.82) is 0 Å². The van der Waals surface area contributed by atoms with E-state index in [0.29, 0.717) is 17.9 Å². The van der Waals surface area contributed by atoms with Gasteiger partial charge in [-0.1, -0.05) is 15.9 Å². The van der Waals surface area contributed by atoms with E-state index in [0.717, 1.165) is 30.4 Å². The van der Waals surface area contributed by atoms with Crippen molar-refractivity contribution in [2.45, 2.75) is 13.8 Å². The van der Waals surface area contributed by atoms with Crippen LogP contribution in [0.1, 0.15) is 24.2 Å².